The molecular formula is C7H14ClNO3. The molecule has 0 unspecified atom stereocenters. The van der Waals surface area contributed by atoms with Crippen LogP contribution in [0.1, 0.15) is 13.3 Å². The SMILES string of the molecule is CCOC(=O)[C@H]1NCC[C@@H]1O.Cl. The van der Waals surface area contributed by atoms with E-state index in [0.717, 1.165) is 0 Å². The van der Waals surface area contributed by atoms with Crippen molar-refractivity contribution in [3.63, 3.8) is 0 Å². The van der Waals surface area contributed by atoms with E-state index in [1.165, 1.54) is 0 Å². The number of rotatable bonds is 2. The summed E-state index contributed by atoms with van der Waals surface area (Å²) in [5.41, 5.74) is 0. The number of esters is 1. The Labute approximate surface area is 77.7 Å². The van der Waals surface area contributed by atoms with Crippen molar-refractivity contribution in [3.05, 3.63) is 0 Å². The van der Waals surface area contributed by atoms with E-state index >= 15 is 0 Å². The average Bonchev–Trinajstić information content (AvgIpc) is 2.36. The van der Waals surface area contributed by atoms with Crippen molar-refractivity contribution in [2.75, 3.05) is 13.2 Å². The molecule has 0 aromatic rings. The molecule has 4 nitrogen and oxygen atoms in total. The molecule has 0 aromatic heterocycles. The summed E-state index contributed by atoms with van der Waals surface area (Å²) in [5, 5.41) is 12.1. The minimum Gasteiger partial charge on any atom is -0.465 e. The summed E-state index contributed by atoms with van der Waals surface area (Å²) in [6, 6.07) is -0.505. The quantitative estimate of drug-likeness (QED) is 0.594. The van der Waals surface area contributed by atoms with Crippen LogP contribution in [0, 0.1) is 0 Å². The molecule has 5 heteroatoms. The highest BCUT2D eigenvalue weighted by Crippen LogP contribution is 2.07. The monoisotopic (exact) mass is 195 g/mol. The molecule has 0 radical (unpaired) electrons. The molecular weight excluding hydrogens is 182 g/mol. The summed E-state index contributed by atoms with van der Waals surface area (Å²) in [7, 11) is 0. The van der Waals surface area contributed by atoms with Crippen molar-refractivity contribution in [1.82, 2.24) is 5.32 Å². The summed E-state index contributed by atoms with van der Waals surface area (Å²) < 4.78 is 4.73. The number of hydrogen-bond acceptors (Lipinski definition) is 4. The molecule has 1 rings (SSSR count). The maximum atomic E-state index is 11.0. The van der Waals surface area contributed by atoms with Gasteiger partial charge in [0.25, 0.3) is 0 Å². The fraction of sp³-hybridized carbons (Fsp3) is 0.857. The van der Waals surface area contributed by atoms with Crippen LogP contribution in [0.25, 0.3) is 0 Å². The molecule has 1 aliphatic rings. The minimum atomic E-state index is -0.575. The lowest BCUT2D eigenvalue weighted by atomic mass is 10.2. The third-order valence-corrected chi connectivity index (χ3v) is 1.73. The van der Waals surface area contributed by atoms with E-state index in [2.05, 4.69) is 5.32 Å². The third kappa shape index (κ3) is 2.62. The number of nitrogens with one attached hydrogen (secondary N) is 1. The predicted molar refractivity (Wildman–Crippen MR) is 46.3 cm³/mol. The van der Waals surface area contributed by atoms with Crippen molar-refractivity contribution in [2.45, 2.75) is 25.5 Å². The molecule has 2 N–H and O–H groups in total. The van der Waals surface area contributed by atoms with E-state index in [4.69, 9.17) is 4.74 Å². The summed E-state index contributed by atoms with van der Waals surface area (Å²) in [6.07, 6.45) is 0.0535. The number of carbonyl (C=O) groups excluding carboxylic acids is 1. The molecule has 0 bridgehead atoms. The topological polar surface area (TPSA) is 58.6 Å². The van der Waals surface area contributed by atoms with Crippen molar-refractivity contribution >= 4 is 18.4 Å². The first-order chi connectivity index (χ1) is 5.25. The molecule has 1 aliphatic heterocycles. The number of ether oxygens (including phenoxy) is 1. The first kappa shape index (κ1) is 11.7. The number of aliphatic hydroxyl groups excluding tert-OH is 1. The van der Waals surface area contributed by atoms with Crippen LogP contribution in [-0.4, -0.2) is 36.4 Å². The molecule has 0 amide bonds. The van der Waals surface area contributed by atoms with Gasteiger partial charge in [0, 0.05) is 0 Å². The smallest absolute Gasteiger partial charge is 0.325 e. The maximum absolute atomic E-state index is 11.0. The predicted octanol–water partition coefficient (Wildman–Crippen LogP) is -0.306. The Morgan fingerprint density at radius 3 is 2.83 bits per heavy atom. The second-order valence-electron chi connectivity index (χ2n) is 2.54. The van der Waals surface area contributed by atoms with Gasteiger partial charge in [-0.2, -0.15) is 0 Å². The Bertz CT molecular complexity index is 154. The largest absolute Gasteiger partial charge is 0.465 e. The van der Waals surface area contributed by atoms with Gasteiger partial charge >= 0.3 is 5.97 Å². The van der Waals surface area contributed by atoms with Gasteiger partial charge in [-0.1, -0.05) is 0 Å². The zero-order chi connectivity index (χ0) is 8.27. The highest BCUT2D eigenvalue weighted by Gasteiger charge is 2.31. The third-order valence-electron chi connectivity index (χ3n) is 1.73. The van der Waals surface area contributed by atoms with Gasteiger partial charge in [-0.25, -0.2) is 0 Å². The van der Waals surface area contributed by atoms with E-state index in [1.807, 2.05) is 0 Å². The lowest BCUT2D eigenvalue weighted by molar-refractivity contribution is -0.147. The van der Waals surface area contributed by atoms with Gasteiger partial charge in [0.15, 0.2) is 0 Å². The van der Waals surface area contributed by atoms with Crippen molar-refractivity contribution in [3.8, 4) is 0 Å². The standard InChI is InChI=1S/C7H13NO3.ClH/c1-2-11-7(10)6-5(9)3-4-8-6;/h5-6,8-9H,2-4H2,1H3;1H/t5-,6-;/m0./s1. The molecule has 0 spiro atoms. The molecule has 1 heterocycles. The van der Waals surface area contributed by atoms with Crippen molar-refractivity contribution in [1.29, 1.82) is 0 Å². The molecule has 0 saturated carbocycles. The number of carbonyl (C=O) groups is 1. The number of hydrogen-bond donors (Lipinski definition) is 2. The van der Waals surface area contributed by atoms with Crippen molar-refractivity contribution in [2.24, 2.45) is 0 Å². The van der Waals surface area contributed by atoms with E-state index in [1.54, 1.807) is 6.92 Å². The van der Waals surface area contributed by atoms with Crippen LogP contribution in [0.3, 0.4) is 0 Å². The second-order valence-corrected chi connectivity index (χ2v) is 2.54. The Kier molecular flexibility index (Phi) is 5.20. The van der Waals surface area contributed by atoms with Gasteiger partial charge in [-0.05, 0) is 19.9 Å². The Balaban J connectivity index is 0.00000121. The molecule has 12 heavy (non-hydrogen) atoms. The fourth-order valence-corrected chi connectivity index (χ4v) is 1.16. The first-order valence-electron chi connectivity index (χ1n) is 3.83. The number of halogens is 1. The lowest BCUT2D eigenvalue weighted by Crippen LogP contribution is -2.39. The van der Waals surface area contributed by atoms with Crippen LogP contribution in [-0.2, 0) is 9.53 Å². The molecule has 2 atom stereocenters. The fourth-order valence-electron chi connectivity index (χ4n) is 1.16. The van der Waals surface area contributed by atoms with Gasteiger partial charge in [0.1, 0.15) is 6.04 Å². The molecule has 72 valence electrons. The zero-order valence-corrected chi connectivity index (χ0v) is 7.76. The minimum absolute atomic E-state index is 0. The maximum Gasteiger partial charge on any atom is 0.325 e. The summed E-state index contributed by atoms with van der Waals surface area (Å²) >= 11 is 0. The van der Waals surface area contributed by atoms with E-state index in [0.29, 0.717) is 19.6 Å². The van der Waals surface area contributed by atoms with Crippen LogP contribution < -0.4 is 5.32 Å². The Hall–Kier alpha value is -0.320. The van der Waals surface area contributed by atoms with Crippen LogP contribution >= 0.6 is 12.4 Å². The Morgan fingerprint density at radius 1 is 1.75 bits per heavy atom. The molecule has 0 aliphatic carbocycles. The van der Waals surface area contributed by atoms with Crippen LogP contribution in [0.4, 0.5) is 0 Å². The van der Waals surface area contributed by atoms with Gasteiger partial charge in [-0.15, -0.1) is 12.4 Å². The van der Waals surface area contributed by atoms with E-state index < -0.39 is 12.1 Å². The van der Waals surface area contributed by atoms with Gasteiger partial charge in [-0.3, -0.25) is 4.79 Å². The summed E-state index contributed by atoms with van der Waals surface area (Å²) in [6.45, 7) is 2.80. The summed E-state index contributed by atoms with van der Waals surface area (Å²) in [4.78, 5) is 11.0. The molecule has 1 fully saturated rings. The molecule has 1 saturated heterocycles. The van der Waals surface area contributed by atoms with E-state index in [-0.39, 0.29) is 18.4 Å². The van der Waals surface area contributed by atoms with Crippen LogP contribution in [0.15, 0.2) is 0 Å². The Morgan fingerprint density at radius 2 is 2.42 bits per heavy atom. The molecule has 0 aromatic carbocycles. The highest BCUT2D eigenvalue weighted by molar-refractivity contribution is 5.85. The second kappa shape index (κ2) is 5.35. The lowest BCUT2D eigenvalue weighted by Gasteiger charge is -2.12. The zero-order valence-electron chi connectivity index (χ0n) is 6.95. The normalized spacial score (nSPS) is 27.8. The van der Waals surface area contributed by atoms with E-state index in [9.17, 15) is 9.90 Å². The van der Waals surface area contributed by atoms with Gasteiger partial charge in [0.2, 0.25) is 0 Å². The first-order valence-corrected chi connectivity index (χ1v) is 3.83. The summed E-state index contributed by atoms with van der Waals surface area (Å²) in [5.74, 6) is -0.350. The van der Waals surface area contributed by atoms with Crippen LogP contribution in [0.5, 0.6) is 0 Å². The van der Waals surface area contributed by atoms with Crippen molar-refractivity contribution < 1.29 is 14.6 Å². The number of aliphatic hydroxyl groups is 1. The van der Waals surface area contributed by atoms with Crippen LogP contribution in [0.2, 0.25) is 0 Å². The average molecular weight is 196 g/mol. The highest BCUT2D eigenvalue weighted by atomic mass is 35.5. The van der Waals surface area contributed by atoms with Gasteiger partial charge in [0.05, 0.1) is 12.7 Å². The van der Waals surface area contributed by atoms with Gasteiger partial charge < -0.3 is 15.2 Å².